The van der Waals surface area contributed by atoms with Gasteiger partial charge in [0.15, 0.2) is 0 Å². The van der Waals surface area contributed by atoms with Crippen LogP contribution in [0, 0.1) is 4.78 Å². The fraction of sp³-hybridized carbons (Fsp3) is 0.579. The van der Waals surface area contributed by atoms with Gasteiger partial charge in [0, 0.05) is 39.7 Å². The predicted molar refractivity (Wildman–Crippen MR) is 117 cm³/mol. The standard InChI is InChI=1S/C19H27ClN6O2S/c1-7-19(5,25-26-21)15-11-24-17(14-10-23-16(20)8-13(14)15)28-12(2)9-18(3,4)29(6,22)27/h8,10-12,22H,7,9H2,1-6H3/t12-,19?,29?/m0/s1. The number of nitrogens with one attached hydrogen (secondary N) is 1. The van der Waals surface area contributed by atoms with Crippen molar-refractivity contribution in [3.63, 3.8) is 0 Å². The van der Waals surface area contributed by atoms with Crippen molar-refractivity contribution in [1.29, 1.82) is 4.78 Å². The Bertz CT molecular complexity index is 1070. The van der Waals surface area contributed by atoms with Crippen molar-refractivity contribution < 1.29 is 8.95 Å². The largest absolute Gasteiger partial charge is 0.474 e. The van der Waals surface area contributed by atoms with E-state index in [1.807, 2.05) is 20.8 Å². The molecule has 2 unspecified atom stereocenters. The van der Waals surface area contributed by atoms with E-state index in [1.165, 1.54) is 6.26 Å². The Hall–Kier alpha value is -2.09. The molecule has 0 amide bonds. The molecule has 2 rings (SSSR count). The molecular weight excluding hydrogens is 412 g/mol. The van der Waals surface area contributed by atoms with Crippen molar-refractivity contribution in [2.75, 3.05) is 6.26 Å². The highest BCUT2D eigenvalue weighted by Crippen LogP contribution is 2.38. The summed E-state index contributed by atoms with van der Waals surface area (Å²) < 4.78 is 25.5. The average Bonchev–Trinajstić information content (AvgIpc) is 2.60. The first-order chi connectivity index (χ1) is 13.3. The Balaban J connectivity index is 2.53. The van der Waals surface area contributed by atoms with Crippen molar-refractivity contribution in [3.05, 3.63) is 39.6 Å². The number of aromatic nitrogens is 2. The lowest BCUT2D eigenvalue weighted by atomic mass is 9.88. The van der Waals surface area contributed by atoms with Gasteiger partial charge in [-0.1, -0.05) is 23.6 Å². The van der Waals surface area contributed by atoms with E-state index in [9.17, 15) is 4.21 Å². The monoisotopic (exact) mass is 438 g/mol. The van der Waals surface area contributed by atoms with Gasteiger partial charge in [-0.2, -0.15) is 0 Å². The van der Waals surface area contributed by atoms with Gasteiger partial charge in [0.05, 0.1) is 21.8 Å². The molecule has 0 bridgehead atoms. The van der Waals surface area contributed by atoms with Gasteiger partial charge < -0.3 is 4.74 Å². The molecule has 158 valence electrons. The van der Waals surface area contributed by atoms with Crippen LogP contribution in [0.3, 0.4) is 0 Å². The third-order valence-corrected chi connectivity index (χ3v) is 7.86. The molecule has 2 heterocycles. The summed E-state index contributed by atoms with van der Waals surface area (Å²) in [5.74, 6) is 0.364. The molecule has 1 N–H and O–H groups in total. The van der Waals surface area contributed by atoms with Gasteiger partial charge in [-0.3, -0.25) is 4.78 Å². The van der Waals surface area contributed by atoms with E-state index in [0.29, 0.717) is 29.3 Å². The number of rotatable bonds is 8. The Labute approximate surface area is 176 Å². The van der Waals surface area contributed by atoms with Gasteiger partial charge in [-0.25, -0.2) is 14.2 Å². The molecule has 8 nitrogen and oxygen atoms in total. The molecule has 0 radical (unpaired) electrons. The summed E-state index contributed by atoms with van der Waals surface area (Å²) in [5.41, 5.74) is 8.94. The number of nitrogens with zero attached hydrogens (tertiary/aromatic N) is 5. The Morgan fingerprint density at radius 3 is 2.55 bits per heavy atom. The molecule has 0 aliphatic rings. The second-order valence-corrected chi connectivity index (χ2v) is 11.3. The van der Waals surface area contributed by atoms with Crippen LogP contribution in [0.4, 0.5) is 0 Å². The van der Waals surface area contributed by atoms with Crippen molar-refractivity contribution in [1.82, 2.24) is 9.97 Å². The molecule has 3 atom stereocenters. The molecule has 10 heteroatoms. The van der Waals surface area contributed by atoms with Gasteiger partial charge >= 0.3 is 0 Å². The fourth-order valence-corrected chi connectivity index (χ4v) is 3.82. The van der Waals surface area contributed by atoms with E-state index < -0.39 is 20.0 Å². The molecule has 2 aromatic rings. The normalized spacial score (nSPS) is 17.1. The maximum atomic E-state index is 12.2. The second kappa shape index (κ2) is 8.34. The lowest BCUT2D eigenvalue weighted by molar-refractivity contribution is 0.193. The predicted octanol–water partition coefficient (Wildman–Crippen LogP) is 5.83. The fourth-order valence-electron chi connectivity index (χ4n) is 3.11. The molecule has 2 aromatic heterocycles. The lowest BCUT2D eigenvalue weighted by Crippen LogP contribution is -2.35. The highest BCUT2D eigenvalue weighted by molar-refractivity contribution is 7.93. The molecule has 0 aromatic carbocycles. The van der Waals surface area contributed by atoms with Crippen LogP contribution in [0.25, 0.3) is 21.2 Å². The van der Waals surface area contributed by atoms with Crippen LogP contribution in [0.1, 0.15) is 53.0 Å². The minimum atomic E-state index is -2.75. The number of hydrogen-bond donors (Lipinski definition) is 1. The summed E-state index contributed by atoms with van der Waals surface area (Å²) in [5, 5.41) is 5.68. The van der Waals surface area contributed by atoms with E-state index in [0.717, 1.165) is 10.9 Å². The quantitative estimate of drug-likeness (QED) is 0.240. The number of pyridine rings is 2. The Kier molecular flexibility index (Phi) is 6.67. The summed E-state index contributed by atoms with van der Waals surface area (Å²) in [4.78, 5) is 11.6. The summed E-state index contributed by atoms with van der Waals surface area (Å²) in [6.45, 7) is 9.22. The van der Waals surface area contributed by atoms with Gasteiger partial charge in [-0.05, 0) is 56.7 Å². The average molecular weight is 439 g/mol. The number of azide groups is 1. The highest BCUT2D eigenvalue weighted by atomic mass is 35.5. The van der Waals surface area contributed by atoms with Crippen LogP contribution < -0.4 is 4.74 Å². The Morgan fingerprint density at radius 1 is 1.34 bits per heavy atom. The molecular formula is C19H27ClN6O2S. The van der Waals surface area contributed by atoms with E-state index in [1.54, 1.807) is 32.3 Å². The van der Waals surface area contributed by atoms with Crippen molar-refractivity contribution in [2.24, 2.45) is 5.11 Å². The smallest absolute Gasteiger partial charge is 0.223 e. The van der Waals surface area contributed by atoms with E-state index in [4.69, 9.17) is 26.6 Å². The van der Waals surface area contributed by atoms with Crippen LogP contribution in [-0.4, -0.2) is 31.3 Å². The van der Waals surface area contributed by atoms with Crippen LogP contribution >= 0.6 is 11.6 Å². The van der Waals surface area contributed by atoms with Gasteiger partial charge in [0.25, 0.3) is 0 Å². The van der Waals surface area contributed by atoms with Gasteiger partial charge in [0.2, 0.25) is 5.88 Å². The van der Waals surface area contributed by atoms with E-state index >= 15 is 0 Å². The molecule has 0 spiro atoms. The van der Waals surface area contributed by atoms with Gasteiger partial charge in [0.1, 0.15) is 5.15 Å². The molecule has 0 aliphatic heterocycles. The molecule has 0 fully saturated rings. The molecule has 0 aliphatic carbocycles. The van der Waals surface area contributed by atoms with E-state index in [2.05, 4.69) is 20.0 Å². The van der Waals surface area contributed by atoms with Gasteiger partial charge in [-0.15, -0.1) is 0 Å². The van der Waals surface area contributed by atoms with Crippen molar-refractivity contribution in [2.45, 2.75) is 63.9 Å². The first kappa shape index (κ1) is 23.2. The van der Waals surface area contributed by atoms with Crippen LogP contribution in [0.15, 0.2) is 23.6 Å². The first-order valence-electron chi connectivity index (χ1n) is 9.25. The summed E-state index contributed by atoms with van der Waals surface area (Å²) >= 11 is 6.13. The highest BCUT2D eigenvalue weighted by Gasteiger charge is 2.31. The summed E-state index contributed by atoms with van der Waals surface area (Å²) in [6, 6.07) is 1.71. The van der Waals surface area contributed by atoms with Crippen LogP contribution in [0.5, 0.6) is 5.88 Å². The molecule has 0 saturated carbocycles. The summed E-state index contributed by atoms with van der Waals surface area (Å²) in [7, 11) is -2.75. The third kappa shape index (κ3) is 4.91. The topological polar surface area (TPSA) is 125 Å². The SMILES string of the molecule is CCC(C)(N=[N+]=[N-])c1cnc(O[C@@H](C)CC(C)(C)S(C)(=N)=O)c2cnc(Cl)cc12. The molecule has 29 heavy (non-hydrogen) atoms. The zero-order valence-corrected chi connectivity index (χ0v) is 19.1. The van der Waals surface area contributed by atoms with Crippen molar-refractivity contribution in [3.8, 4) is 5.88 Å². The lowest BCUT2D eigenvalue weighted by Gasteiger charge is -2.29. The third-order valence-electron chi connectivity index (χ3n) is 5.38. The maximum Gasteiger partial charge on any atom is 0.223 e. The maximum absolute atomic E-state index is 12.2. The minimum Gasteiger partial charge on any atom is -0.474 e. The van der Waals surface area contributed by atoms with E-state index in [-0.39, 0.29) is 6.10 Å². The zero-order chi connectivity index (χ0) is 22.0. The number of hydrogen-bond acceptors (Lipinski definition) is 6. The second-order valence-electron chi connectivity index (χ2n) is 8.08. The van der Waals surface area contributed by atoms with Crippen LogP contribution in [-0.2, 0) is 15.3 Å². The minimum absolute atomic E-state index is 0.310. The number of halogens is 1. The van der Waals surface area contributed by atoms with Crippen LogP contribution in [0.2, 0.25) is 5.15 Å². The first-order valence-corrected chi connectivity index (χ1v) is 11.6. The Morgan fingerprint density at radius 2 is 2.00 bits per heavy atom. The molecule has 0 saturated heterocycles. The summed E-state index contributed by atoms with van der Waals surface area (Å²) in [6.07, 6.45) is 5.33. The number of ether oxygens (including phenoxy) is 1. The van der Waals surface area contributed by atoms with Crippen molar-refractivity contribution >= 4 is 32.1 Å². The zero-order valence-electron chi connectivity index (χ0n) is 17.6. The number of fused-ring (bicyclic) bond motifs is 1.